The molecule has 1 unspecified atom stereocenters. The van der Waals surface area contributed by atoms with Crippen molar-refractivity contribution in [2.45, 2.75) is 12.8 Å². The molecule has 0 bridgehead atoms. The lowest BCUT2D eigenvalue weighted by Crippen LogP contribution is -2.18. The highest BCUT2D eigenvalue weighted by Gasteiger charge is 2.10. The zero-order chi connectivity index (χ0) is 13.0. The average molecular weight is 328 g/mol. The zero-order valence-electron chi connectivity index (χ0n) is 9.90. The third kappa shape index (κ3) is 3.90. The lowest BCUT2D eigenvalue weighted by Gasteiger charge is -2.13. The summed E-state index contributed by atoms with van der Waals surface area (Å²) in [6, 6.07) is 10.9. The number of hydrogen-bond donors (Lipinski definition) is 1. The van der Waals surface area contributed by atoms with Crippen molar-refractivity contribution in [2.24, 2.45) is 11.7 Å². The van der Waals surface area contributed by atoms with Gasteiger partial charge in [0.05, 0.1) is 3.79 Å². The minimum atomic E-state index is -0.190. The van der Waals surface area contributed by atoms with Gasteiger partial charge in [-0.1, -0.05) is 12.1 Å². The van der Waals surface area contributed by atoms with Gasteiger partial charge in [-0.05, 0) is 71.1 Å². The molecule has 1 nitrogen and oxygen atoms in total. The summed E-state index contributed by atoms with van der Waals surface area (Å²) in [5.74, 6) is 0.214. The van der Waals surface area contributed by atoms with Crippen LogP contribution < -0.4 is 5.73 Å². The third-order valence-electron chi connectivity index (χ3n) is 2.89. The van der Waals surface area contributed by atoms with E-state index in [1.54, 1.807) is 11.3 Å². The molecule has 2 rings (SSSR count). The maximum Gasteiger partial charge on any atom is 0.123 e. The van der Waals surface area contributed by atoms with Crippen LogP contribution in [0.3, 0.4) is 0 Å². The van der Waals surface area contributed by atoms with Crippen molar-refractivity contribution in [3.05, 3.63) is 56.4 Å². The van der Waals surface area contributed by atoms with E-state index in [1.165, 1.54) is 17.0 Å². The van der Waals surface area contributed by atoms with Crippen molar-refractivity contribution in [3.63, 3.8) is 0 Å². The summed E-state index contributed by atoms with van der Waals surface area (Å²) in [5, 5.41) is 0. The molecule has 18 heavy (non-hydrogen) atoms. The van der Waals surface area contributed by atoms with Gasteiger partial charge in [-0.25, -0.2) is 4.39 Å². The van der Waals surface area contributed by atoms with Crippen molar-refractivity contribution in [1.82, 2.24) is 0 Å². The Kier molecular flexibility index (Phi) is 4.92. The Morgan fingerprint density at radius 2 is 1.83 bits per heavy atom. The van der Waals surface area contributed by atoms with Crippen LogP contribution in [0.5, 0.6) is 0 Å². The molecular weight excluding hydrogens is 313 g/mol. The molecule has 0 aliphatic heterocycles. The predicted molar refractivity (Wildman–Crippen MR) is 78.4 cm³/mol. The Bertz CT molecular complexity index is 495. The van der Waals surface area contributed by atoms with E-state index in [0.29, 0.717) is 12.5 Å². The summed E-state index contributed by atoms with van der Waals surface area (Å²) in [6.07, 6.45) is 1.87. The standard InChI is InChI=1S/C14H15BrFNS/c15-14-6-5-13(18-14)8-11(9-17)7-10-1-3-12(16)4-2-10/h1-6,11H,7-9,17H2. The van der Waals surface area contributed by atoms with Crippen LogP contribution in [0.4, 0.5) is 4.39 Å². The van der Waals surface area contributed by atoms with Gasteiger partial charge in [0.25, 0.3) is 0 Å². The largest absolute Gasteiger partial charge is 0.330 e. The molecule has 0 amide bonds. The van der Waals surface area contributed by atoms with Gasteiger partial charge in [-0.2, -0.15) is 0 Å². The molecule has 0 saturated heterocycles. The molecule has 2 aromatic rings. The monoisotopic (exact) mass is 327 g/mol. The number of nitrogens with two attached hydrogens (primary N) is 1. The second-order valence-electron chi connectivity index (χ2n) is 4.34. The van der Waals surface area contributed by atoms with Crippen LogP contribution in [0, 0.1) is 11.7 Å². The average Bonchev–Trinajstić information content (AvgIpc) is 2.77. The number of hydrogen-bond acceptors (Lipinski definition) is 2. The Labute approximate surface area is 119 Å². The topological polar surface area (TPSA) is 26.0 Å². The molecule has 0 fully saturated rings. The molecule has 2 N–H and O–H groups in total. The highest BCUT2D eigenvalue weighted by atomic mass is 79.9. The maximum absolute atomic E-state index is 12.8. The Balaban J connectivity index is 1.99. The molecule has 1 aromatic carbocycles. The SMILES string of the molecule is NCC(Cc1ccc(F)cc1)Cc1ccc(Br)s1. The normalized spacial score (nSPS) is 12.6. The van der Waals surface area contributed by atoms with E-state index in [4.69, 9.17) is 5.73 Å². The second kappa shape index (κ2) is 6.45. The van der Waals surface area contributed by atoms with Gasteiger partial charge in [-0.15, -0.1) is 11.3 Å². The fraction of sp³-hybridized carbons (Fsp3) is 0.286. The lowest BCUT2D eigenvalue weighted by molar-refractivity contribution is 0.536. The first-order valence-corrected chi connectivity index (χ1v) is 7.47. The van der Waals surface area contributed by atoms with Crippen LogP contribution in [0.15, 0.2) is 40.2 Å². The molecule has 0 saturated carbocycles. The molecular formula is C14H15BrFNS. The van der Waals surface area contributed by atoms with Crippen LogP contribution in [0.2, 0.25) is 0 Å². The fourth-order valence-electron chi connectivity index (χ4n) is 1.94. The Morgan fingerprint density at radius 1 is 1.11 bits per heavy atom. The lowest BCUT2D eigenvalue weighted by atomic mass is 9.95. The van der Waals surface area contributed by atoms with Crippen molar-refractivity contribution < 1.29 is 4.39 Å². The van der Waals surface area contributed by atoms with Gasteiger partial charge < -0.3 is 5.73 Å². The predicted octanol–water partition coefficient (Wildman–Crippen LogP) is 4.01. The fourth-order valence-corrected chi connectivity index (χ4v) is 3.54. The molecule has 0 aliphatic rings. The van der Waals surface area contributed by atoms with E-state index in [2.05, 4.69) is 28.1 Å². The number of halogens is 2. The van der Waals surface area contributed by atoms with Gasteiger partial charge in [0.2, 0.25) is 0 Å². The summed E-state index contributed by atoms with van der Waals surface area (Å²) in [6.45, 7) is 0.646. The third-order valence-corrected chi connectivity index (χ3v) is 4.54. The van der Waals surface area contributed by atoms with Gasteiger partial charge in [0, 0.05) is 4.88 Å². The zero-order valence-corrected chi connectivity index (χ0v) is 12.3. The molecule has 0 radical (unpaired) electrons. The first-order chi connectivity index (χ1) is 8.67. The molecule has 4 heteroatoms. The van der Waals surface area contributed by atoms with E-state index in [0.717, 1.165) is 22.2 Å². The molecule has 1 atom stereocenters. The van der Waals surface area contributed by atoms with E-state index in [9.17, 15) is 4.39 Å². The highest BCUT2D eigenvalue weighted by molar-refractivity contribution is 9.11. The van der Waals surface area contributed by atoms with Crippen LogP contribution in [-0.4, -0.2) is 6.54 Å². The van der Waals surface area contributed by atoms with Crippen molar-refractivity contribution in [1.29, 1.82) is 0 Å². The summed E-state index contributed by atoms with van der Waals surface area (Å²) in [7, 11) is 0. The van der Waals surface area contributed by atoms with Gasteiger partial charge >= 0.3 is 0 Å². The Morgan fingerprint density at radius 3 is 2.39 bits per heavy atom. The maximum atomic E-state index is 12.8. The van der Waals surface area contributed by atoms with Crippen LogP contribution >= 0.6 is 27.3 Å². The minimum absolute atomic E-state index is 0.190. The molecule has 1 heterocycles. The van der Waals surface area contributed by atoms with Gasteiger partial charge in [0.15, 0.2) is 0 Å². The second-order valence-corrected chi connectivity index (χ2v) is 6.89. The van der Waals surface area contributed by atoms with Crippen LogP contribution in [0.25, 0.3) is 0 Å². The number of thiophene rings is 1. The summed E-state index contributed by atoms with van der Waals surface area (Å²) < 4.78 is 14.0. The summed E-state index contributed by atoms with van der Waals surface area (Å²) >= 11 is 5.21. The van der Waals surface area contributed by atoms with E-state index >= 15 is 0 Å². The first-order valence-electron chi connectivity index (χ1n) is 5.86. The van der Waals surface area contributed by atoms with Gasteiger partial charge in [-0.3, -0.25) is 0 Å². The van der Waals surface area contributed by atoms with Crippen molar-refractivity contribution >= 4 is 27.3 Å². The highest BCUT2D eigenvalue weighted by Crippen LogP contribution is 2.25. The quantitative estimate of drug-likeness (QED) is 0.882. The first kappa shape index (κ1) is 13.7. The molecule has 0 aliphatic carbocycles. The molecule has 1 aromatic heterocycles. The van der Waals surface area contributed by atoms with Crippen LogP contribution in [0.1, 0.15) is 10.4 Å². The van der Waals surface area contributed by atoms with E-state index in [-0.39, 0.29) is 5.82 Å². The summed E-state index contributed by atoms with van der Waals surface area (Å²) in [5.41, 5.74) is 6.97. The van der Waals surface area contributed by atoms with Crippen molar-refractivity contribution in [3.8, 4) is 0 Å². The summed E-state index contributed by atoms with van der Waals surface area (Å²) in [4.78, 5) is 1.33. The molecule has 96 valence electrons. The molecule has 0 spiro atoms. The van der Waals surface area contributed by atoms with Gasteiger partial charge in [0.1, 0.15) is 5.82 Å². The van der Waals surface area contributed by atoms with E-state index < -0.39 is 0 Å². The number of rotatable bonds is 5. The Hall–Kier alpha value is -0.710. The smallest absolute Gasteiger partial charge is 0.123 e. The minimum Gasteiger partial charge on any atom is -0.330 e. The van der Waals surface area contributed by atoms with Crippen LogP contribution in [-0.2, 0) is 12.8 Å². The van der Waals surface area contributed by atoms with Crippen molar-refractivity contribution in [2.75, 3.05) is 6.54 Å². The van der Waals surface area contributed by atoms with E-state index in [1.807, 2.05) is 12.1 Å². The number of benzene rings is 1.